The molecule has 3 aromatic carbocycles. The molecular weight excluding hydrogens is 739 g/mol. The molecule has 1 N–H and O–H groups in total. The van der Waals surface area contributed by atoms with Crippen LogP contribution >= 0.6 is 24.0 Å². The van der Waals surface area contributed by atoms with Gasteiger partial charge in [-0.3, -0.25) is 18.7 Å². The van der Waals surface area contributed by atoms with Crippen LogP contribution in [0.25, 0.3) is 0 Å². The number of carbonyl (C=O) groups is 2. The van der Waals surface area contributed by atoms with Crippen LogP contribution in [0.4, 0.5) is 5.82 Å². The summed E-state index contributed by atoms with van der Waals surface area (Å²) in [6, 6.07) is 31.0. The minimum absolute atomic E-state index is 0.0611. The maximum absolute atomic E-state index is 13.7. The van der Waals surface area contributed by atoms with Crippen LogP contribution in [-0.2, 0) is 18.7 Å². The van der Waals surface area contributed by atoms with Crippen LogP contribution < -0.4 is 21.4 Å². The fourth-order valence-electron chi connectivity index (χ4n) is 6.94. The van der Waals surface area contributed by atoms with E-state index < -0.39 is 44.3 Å². The summed E-state index contributed by atoms with van der Waals surface area (Å²) in [5.74, 6) is -0.349. The Labute approximate surface area is 325 Å². The fraction of sp³-hybridized carbons (Fsp3) is 0.300. The number of hydrogen-bond acceptors (Lipinski definition) is 10. The normalized spacial score (nSPS) is 18.6. The van der Waals surface area contributed by atoms with Gasteiger partial charge in [0.2, 0.25) is 0 Å². The van der Waals surface area contributed by atoms with E-state index in [1.807, 2.05) is 42.5 Å². The van der Waals surface area contributed by atoms with E-state index in [0.717, 1.165) is 22.1 Å². The van der Waals surface area contributed by atoms with Gasteiger partial charge < -0.3 is 19.2 Å². The van der Waals surface area contributed by atoms with Crippen LogP contribution in [-0.4, -0.2) is 68.2 Å². The number of nitrogens with zero attached hydrogens (tertiary/aromatic N) is 4. The molecule has 11 nitrogen and oxygen atoms in total. The van der Waals surface area contributed by atoms with Gasteiger partial charge >= 0.3 is 5.69 Å². The second-order valence-electron chi connectivity index (χ2n) is 14.0. The van der Waals surface area contributed by atoms with E-state index in [-0.39, 0.29) is 21.1 Å². The molecule has 1 aliphatic rings. The van der Waals surface area contributed by atoms with Crippen LogP contribution in [0.3, 0.4) is 0 Å². The first-order valence-corrected chi connectivity index (χ1v) is 21.0. The van der Waals surface area contributed by atoms with Gasteiger partial charge in [-0.05, 0) is 52.2 Å². The second kappa shape index (κ2) is 17.2. The Morgan fingerprint density at radius 2 is 1.57 bits per heavy atom. The molecule has 3 heterocycles. The van der Waals surface area contributed by atoms with Crippen molar-refractivity contribution in [3.05, 3.63) is 138 Å². The van der Waals surface area contributed by atoms with Crippen LogP contribution in [0.2, 0.25) is 5.04 Å². The largest absolute Gasteiger partial charge is 0.462 e. The van der Waals surface area contributed by atoms with Crippen molar-refractivity contribution in [2.24, 2.45) is 5.92 Å². The van der Waals surface area contributed by atoms with E-state index in [4.69, 9.17) is 26.1 Å². The molecule has 54 heavy (non-hydrogen) atoms. The first-order valence-electron chi connectivity index (χ1n) is 17.7. The molecule has 2 aromatic heterocycles. The Morgan fingerprint density at radius 3 is 2.13 bits per heavy atom. The number of nitrogens with one attached hydrogen (secondary N) is 1. The third-order valence-corrected chi connectivity index (χ3v) is 15.8. The Hall–Kier alpha value is -4.73. The lowest BCUT2D eigenvalue weighted by atomic mass is 9.98. The van der Waals surface area contributed by atoms with Crippen molar-refractivity contribution in [2.75, 3.05) is 17.7 Å². The van der Waals surface area contributed by atoms with E-state index in [2.05, 4.69) is 60.3 Å². The molecule has 0 spiro atoms. The van der Waals surface area contributed by atoms with Crippen molar-refractivity contribution in [3.8, 4) is 0 Å². The molecule has 4 atom stereocenters. The number of rotatable bonds is 12. The number of anilines is 1. The van der Waals surface area contributed by atoms with Crippen molar-refractivity contribution in [2.45, 2.75) is 57.6 Å². The average molecular weight is 782 g/mol. The molecule has 6 rings (SSSR count). The Bertz CT molecular complexity index is 2060. The van der Waals surface area contributed by atoms with E-state index in [0.29, 0.717) is 24.3 Å². The zero-order chi connectivity index (χ0) is 38.3. The van der Waals surface area contributed by atoms with Crippen LogP contribution in [0.1, 0.15) is 50.7 Å². The number of amides is 1. The molecule has 1 saturated heterocycles. The van der Waals surface area contributed by atoms with Gasteiger partial charge in [-0.15, -0.1) is 0 Å². The van der Waals surface area contributed by atoms with E-state index in [9.17, 15) is 14.4 Å². The molecule has 14 heteroatoms. The Kier molecular flexibility index (Phi) is 12.4. The maximum Gasteiger partial charge on any atom is 0.351 e. The lowest BCUT2D eigenvalue weighted by molar-refractivity contribution is -0.109. The lowest BCUT2D eigenvalue weighted by Crippen LogP contribution is -2.66. The maximum atomic E-state index is 13.7. The molecule has 0 aliphatic carbocycles. The minimum Gasteiger partial charge on any atom is -0.462 e. The molecule has 5 aromatic rings. The number of ether oxygens (including phenoxy) is 2. The highest BCUT2D eigenvalue weighted by Crippen LogP contribution is 2.41. The highest BCUT2D eigenvalue weighted by Gasteiger charge is 2.52. The highest BCUT2D eigenvalue weighted by molar-refractivity contribution is 8.13. The van der Waals surface area contributed by atoms with Crippen molar-refractivity contribution in [3.63, 3.8) is 0 Å². The molecule has 1 fully saturated rings. The third-order valence-electron chi connectivity index (χ3n) is 9.45. The number of carbonyl (C=O) groups excluding carboxylic acids is 2. The third kappa shape index (κ3) is 8.63. The number of benzene rings is 3. The van der Waals surface area contributed by atoms with Gasteiger partial charge in [-0.2, -0.15) is 4.98 Å². The summed E-state index contributed by atoms with van der Waals surface area (Å²) in [6.07, 6.45) is 4.47. The summed E-state index contributed by atoms with van der Waals surface area (Å²) < 4.78 is 23.3. The van der Waals surface area contributed by atoms with Crippen LogP contribution in [0.5, 0.6) is 0 Å². The molecule has 0 unspecified atom stereocenters. The van der Waals surface area contributed by atoms with Gasteiger partial charge in [0, 0.05) is 49.4 Å². The first kappa shape index (κ1) is 39.0. The number of imidazole rings is 1. The van der Waals surface area contributed by atoms with Gasteiger partial charge in [0.25, 0.3) is 19.4 Å². The zero-order valence-corrected chi connectivity index (χ0v) is 33.2. The standard InChI is InChI=1S/C40H43N5O6S2Si/c1-28(46)53-26-32-33(21-25-49-54(40(2,3)4,30-16-10-6-11-17-30)31-18-12-7-13-19-31)50-37(35(32)51-39(52)44-24-22-41-27-44)45-23-20-34(43-38(45)48)42-36(47)29-14-8-5-9-15-29/h5-20,22-24,27,32-33,35,37H,21,25-26H2,1-4H3,(H,42,43,47,48)/t32-,33-,35-,37-/m1/s1. The highest BCUT2D eigenvalue weighted by atomic mass is 32.2. The molecule has 1 amide bonds. The Morgan fingerprint density at radius 1 is 0.944 bits per heavy atom. The van der Waals surface area contributed by atoms with E-state index >= 15 is 0 Å². The van der Waals surface area contributed by atoms with Gasteiger partial charge in [0.05, 0.1) is 6.10 Å². The topological polar surface area (TPSA) is 127 Å². The predicted octanol–water partition coefficient (Wildman–Crippen LogP) is 5.67. The van der Waals surface area contributed by atoms with Crippen molar-refractivity contribution < 1.29 is 23.5 Å². The summed E-state index contributed by atoms with van der Waals surface area (Å²) in [5, 5.41) is 4.81. The smallest absolute Gasteiger partial charge is 0.351 e. The number of aromatic nitrogens is 4. The number of thioether (sulfide) groups is 1. The summed E-state index contributed by atoms with van der Waals surface area (Å²) in [6.45, 7) is 8.52. The predicted molar refractivity (Wildman–Crippen MR) is 217 cm³/mol. The summed E-state index contributed by atoms with van der Waals surface area (Å²) in [7, 11) is -2.87. The van der Waals surface area contributed by atoms with Crippen LogP contribution in [0.15, 0.2) is 127 Å². The monoisotopic (exact) mass is 781 g/mol. The SMILES string of the molecule is CC(=O)SC[C@H]1[C@@H](OC(=S)n2ccnc2)[C@H](n2ccc(NC(=O)c3ccccc3)nc2=O)O[C@@H]1CCO[Si](c1ccccc1)(c1ccccc1)C(C)(C)C. The second-order valence-corrected chi connectivity index (χ2v) is 19.8. The summed E-state index contributed by atoms with van der Waals surface area (Å²) in [4.78, 5) is 47.1. The number of hydrogen-bond donors (Lipinski definition) is 1. The van der Waals surface area contributed by atoms with Gasteiger partial charge in [0.1, 0.15) is 12.1 Å². The van der Waals surface area contributed by atoms with Crippen LogP contribution in [0, 0.1) is 5.92 Å². The number of thiocarbonyl (C=S) groups is 1. The molecular formula is C40H43N5O6S2Si. The Balaban J connectivity index is 1.32. The fourth-order valence-corrected chi connectivity index (χ4v) is 12.6. The molecule has 0 bridgehead atoms. The average Bonchev–Trinajstić information content (AvgIpc) is 3.82. The van der Waals surface area contributed by atoms with Crippen molar-refractivity contribution in [1.29, 1.82) is 0 Å². The van der Waals surface area contributed by atoms with Crippen molar-refractivity contribution in [1.82, 2.24) is 19.1 Å². The van der Waals surface area contributed by atoms with Gasteiger partial charge in [-0.25, -0.2) is 9.78 Å². The zero-order valence-electron chi connectivity index (χ0n) is 30.5. The summed E-state index contributed by atoms with van der Waals surface area (Å²) >= 11 is 6.84. The van der Waals surface area contributed by atoms with Gasteiger partial charge in [-0.1, -0.05) is 111 Å². The quantitative estimate of drug-likeness (QED) is 0.125. The van der Waals surface area contributed by atoms with E-state index in [1.54, 1.807) is 41.2 Å². The van der Waals surface area contributed by atoms with Gasteiger partial charge in [0.15, 0.2) is 17.4 Å². The summed E-state index contributed by atoms with van der Waals surface area (Å²) in [5.41, 5.74) is -0.228. The van der Waals surface area contributed by atoms with Crippen molar-refractivity contribution >= 4 is 64.7 Å². The lowest BCUT2D eigenvalue weighted by Gasteiger charge is -2.43. The first-order chi connectivity index (χ1) is 26.0. The minimum atomic E-state index is -2.87. The molecule has 0 radical (unpaired) electrons. The molecule has 280 valence electrons. The molecule has 1 aliphatic heterocycles. The van der Waals surface area contributed by atoms with E-state index in [1.165, 1.54) is 30.1 Å². The molecule has 0 saturated carbocycles.